The van der Waals surface area contributed by atoms with Crippen LogP contribution in [-0.2, 0) is 17.6 Å². The van der Waals surface area contributed by atoms with Crippen LogP contribution in [-0.4, -0.2) is 34.5 Å². The van der Waals surface area contributed by atoms with Crippen LogP contribution in [0.5, 0.6) is 0 Å². The lowest BCUT2D eigenvalue weighted by Crippen LogP contribution is -2.28. The molecule has 0 saturated heterocycles. The predicted octanol–water partition coefficient (Wildman–Crippen LogP) is 5.33. The molecule has 2 aromatic heterocycles. The van der Waals surface area contributed by atoms with E-state index in [0.717, 1.165) is 41.2 Å². The van der Waals surface area contributed by atoms with Crippen LogP contribution in [0.25, 0.3) is 22.6 Å². The van der Waals surface area contributed by atoms with E-state index in [1.165, 1.54) is 5.56 Å². The topological polar surface area (TPSA) is 72.4 Å². The van der Waals surface area contributed by atoms with Gasteiger partial charge < -0.3 is 13.8 Å². The first-order chi connectivity index (χ1) is 15.6. The van der Waals surface area contributed by atoms with Crippen molar-refractivity contribution in [1.29, 1.82) is 0 Å². The normalized spacial score (nSPS) is 10.9. The van der Waals surface area contributed by atoms with E-state index in [2.05, 4.69) is 10.1 Å². The molecule has 0 saturated carbocycles. The standard InChI is InChI=1S/C26H27N3O3/c1-19-10-12-21(13-11-19)24-18-27-25(31-24)14-15-26(30)29(2)16-6-9-22-17-23(28-32-22)20-7-4-3-5-8-20/h3-5,7-8,10-13,17-18H,6,9,14-16H2,1-2H3. The molecule has 164 valence electrons. The van der Waals surface area contributed by atoms with Crippen LogP contribution in [0, 0.1) is 6.92 Å². The Hall–Kier alpha value is -3.67. The van der Waals surface area contributed by atoms with Gasteiger partial charge in [-0.1, -0.05) is 65.3 Å². The molecule has 6 heteroatoms. The van der Waals surface area contributed by atoms with Crippen LogP contribution in [0.3, 0.4) is 0 Å². The minimum atomic E-state index is 0.0719. The Kier molecular flexibility index (Phi) is 6.80. The van der Waals surface area contributed by atoms with E-state index in [1.54, 1.807) is 11.1 Å². The van der Waals surface area contributed by atoms with Gasteiger partial charge in [-0.25, -0.2) is 4.98 Å². The highest BCUT2D eigenvalue weighted by molar-refractivity contribution is 5.76. The lowest BCUT2D eigenvalue weighted by molar-refractivity contribution is -0.130. The molecule has 1 amide bonds. The number of benzene rings is 2. The molecule has 2 aromatic carbocycles. The van der Waals surface area contributed by atoms with Gasteiger partial charge in [-0.3, -0.25) is 4.79 Å². The summed E-state index contributed by atoms with van der Waals surface area (Å²) in [5.41, 5.74) is 4.05. The van der Waals surface area contributed by atoms with Gasteiger partial charge in [0.25, 0.3) is 0 Å². The van der Waals surface area contributed by atoms with Gasteiger partial charge >= 0.3 is 0 Å². The minimum absolute atomic E-state index is 0.0719. The summed E-state index contributed by atoms with van der Waals surface area (Å²) >= 11 is 0. The first kappa shape index (κ1) is 21.6. The Labute approximate surface area is 187 Å². The van der Waals surface area contributed by atoms with Crippen LogP contribution < -0.4 is 0 Å². The second-order valence-electron chi connectivity index (χ2n) is 7.95. The Balaban J connectivity index is 1.21. The fourth-order valence-electron chi connectivity index (χ4n) is 3.47. The molecule has 0 fully saturated rings. The van der Waals surface area contributed by atoms with E-state index in [0.29, 0.717) is 25.3 Å². The average Bonchev–Trinajstić information content (AvgIpc) is 3.48. The third kappa shape index (κ3) is 5.52. The molecule has 0 spiro atoms. The van der Waals surface area contributed by atoms with Gasteiger partial charge in [0.15, 0.2) is 11.7 Å². The van der Waals surface area contributed by atoms with Crippen molar-refractivity contribution in [2.75, 3.05) is 13.6 Å². The number of carbonyl (C=O) groups is 1. The highest BCUT2D eigenvalue weighted by Gasteiger charge is 2.13. The number of hydrogen-bond donors (Lipinski definition) is 0. The van der Waals surface area contributed by atoms with Crippen LogP contribution in [0.1, 0.15) is 30.1 Å². The lowest BCUT2D eigenvalue weighted by atomic mass is 10.1. The predicted molar refractivity (Wildman–Crippen MR) is 123 cm³/mol. The number of carbonyl (C=O) groups excluding carboxylic acids is 1. The quantitative estimate of drug-likeness (QED) is 0.360. The Morgan fingerprint density at radius 3 is 2.56 bits per heavy atom. The van der Waals surface area contributed by atoms with E-state index in [9.17, 15) is 4.79 Å². The maximum Gasteiger partial charge on any atom is 0.222 e. The average molecular weight is 430 g/mol. The second-order valence-corrected chi connectivity index (χ2v) is 7.95. The summed E-state index contributed by atoms with van der Waals surface area (Å²) in [6.07, 6.45) is 4.11. The van der Waals surface area contributed by atoms with Crippen molar-refractivity contribution in [3.05, 3.63) is 84.1 Å². The summed E-state index contributed by atoms with van der Waals surface area (Å²) < 4.78 is 11.3. The van der Waals surface area contributed by atoms with E-state index >= 15 is 0 Å². The monoisotopic (exact) mass is 429 g/mol. The fraction of sp³-hybridized carbons (Fsp3) is 0.269. The SMILES string of the molecule is Cc1ccc(-c2cnc(CCC(=O)N(C)CCCc3cc(-c4ccccc4)no3)o2)cc1. The summed E-state index contributed by atoms with van der Waals surface area (Å²) in [4.78, 5) is 18.5. The molecule has 4 aromatic rings. The van der Waals surface area contributed by atoms with Crippen molar-refractivity contribution < 1.29 is 13.7 Å². The highest BCUT2D eigenvalue weighted by Crippen LogP contribution is 2.22. The molecule has 0 aliphatic rings. The fourth-order valence-corrected chi connectivity index (χ4v) is 3.47. The summed E-state index contributed by atoms with van der Waals surface area (Å²) in [6, 6.07) is 20.0. The molecule has 0 atom stereocenters. The molecule has 0 aliphatic carbocycles. The number of oxazole rings is 1. The van der Waals surface area contributed by atoms with E-state index in [4.69, 9.17) is 8.94 Å². The second kappa shape index (κ2) is 10.1. The van der Waals surface area contributed by atoms with E-state index in [1.807, 2.05) is 74.6 Å². The molecule has 0 N–H and O–H groups in total. The van der Waals surface area contributed by atoms with Crippen molar-refractivity contribution >= 4 is 5.91 Å². The number of nitrogens with zero attached hydrogens (tertiary/aromatic N) is 3. The van der Waals surface area contributed by atoms with Gasteiger partial charge in [0, 0.05) is 50.0 Å². The molecule has 0 aliphatic heterocycles. The molecule has 0 radical (unpaired) electrons. The number of hydrogen-bond acceptors (Lipinski definition) is 5. The third-order valence-electron chi connectivity index (χ3n) is 5.41. The van der Waals surface area contributed by atoms with E-state index in [-0.39, 0.29) is 5.91 Å². The maximum absolute atomic E-state index is 12.5. The van der Waals surface area contributed by atoms with Gasteiger partial charge in [-0.15, -0.1) is 0 Å². The van der Waals surface area contributed by atoms with Crippen LogP contribution >= 0.6 is 0 Å². The Morgan fingerprint density at radius 1 is 1.00 bits per heavy atom. The molecule has 0 unspecified atom stereocenters. The van der Waals surface area contributed by atoms with E-state index < -0.39 is 0 Å². The summed E-state index contributed by atoms with van der Waals surface area (Å²) in [5, 5.41) is 4.14. The number of amides is 1. The Bertz CT molecular complexity index is 1150. The Morgan fingerprint density at radius 2 is 1.78 bits per heavy atom. The molecule has 32 heavy (non-hydrogen) atoms. The van der Waals surface area contributed by atoms with Crippen molar-refractivity contribution in [3.8, 4) is 22.6 Å². The third-order valence-corrected chi connectivity index (χ3v) is 5.41. The molecule has 6 nitrogen and oxygen atoms in total. The zero-order valence-electron chi connectivity index (χ0n) is 18.5. The minimum Gasteiger partial charge on any atom is -0.441 e. The van der Waals surface area contributed by atoms with Crippen LogP contribution in [0.4, 0.5) is 0 Å². The van der Waals surface area contributed by atoms with Crippen molar-refractivity contribution in [2.24, 2.45) is 0 Å². The van der Waals surface area contributed by atoms with Crippen molar-refractivity contribution in [2.45, 2.75) is 32.6 Å². The summed E-state index contributed by atoms with van der Waals surface area (Å²) in [7, 11) is 1.82. The highest BCUT2D eigenvalue weighted by atomic mass is 16.5. The van der Waals surface area contributed by atoms with Crippen LogP contribution in [0.15, 0.2) is 75.8 Å². The number of aryl methyl sites for hydroxylation is 3. The first-order valence-electron chi connectivity index (χ1n) is 10.9. The molecule has 0 bridgehead atoms. The lowest BCUT2D eigenvalue weighted by Gasteiger charge is -2.16. The molecule has 2 heterocycles. The zero-order valence-corrected chi connectivity index (χ0v) is 18.5. The van der Waals surface area contributed by atoms with Gasteiger partial charge in [0.2, 0.25) is 5.91 Å². The summed E-state index contributed by atoms with van der Waals surface area (Å²) in [6.45, 7) is 2.70. The summed E-state index contributed by atoms with van der Waals surface area (Å²) in [5.74, 6) is 2.20. The number of rotatable bonds is 9. The first-order valence-corrected chi connectivity index (χ1v) is 10.9. The van der Waals surface area contributed by atoms with Crippen LogP contribution in [0.2, 0.25) is 0 Å². The smallest absolute Gasteiger partial charge is 0.222 e. The zero-order chi connectivity index (χ0) is 22.3. The molecular formula is C26H27N3O3. The van der Waals surface area contributed by atoms with Gasteiger partial charge in [-0.05, 0) is 13.3 Å². The largest absolute Gasteiger partial charge is 0.441 e. The van der Waals surface area contributed by atoms with Crippen molar-refractivity contribution in [3.63, 3.8) is 0 Å². The van der Waals surface area contributed by atoms with Gasteiger partial charge in [0.05, 0.1) is 6.20 Å². The molecular weight excluding hydrogens is 402 g/mol. The number of aromatic nitrogens is 2. The maximum atomic E-state index is 12.5. The molecule has 4 rings (SSSR count). The van der Waals surface area contributed by atoms with Crippen molar-refractivity contribution in [1.82, 2.24) is 15.0 Å². The van der Waals surface area contributed by atoms with Gasteiger partial charge in [-0.2, -0.15) is 0 Å². The van der Waals surface area contributed by atoms with Gasteiger partial charge in [0.1, 0.15) is 11.5 Å².